The minimum Gasteiger partial charge on any atom is -0.379 e. The van der Waals surface area contributed by atoms with Gasteiger partial charge in [0.25, 0.3) is 0 Å². The predicted octanol–water partition coefficient (Wildman–Crippen LogP) is 2.87. The van der Waals surface area contributed by atoms with Crippen molar-refractivity contribution in [2.45, 2.75) is 59.4 Å². The van der Waals surface area contributed by atoms with E-state index >= 15 is 0 Å². The quantitative estimate of drug-likeness (QED) is 0.196. The summed E-state index contributed by atoms with van der Waals surface area (Å²) in [6.07, 6.45) is 3.67. The maximum atomic E-state index is 11.5. The standard InChI is InChI=1S/C24H49NO7/c1-22(2)24(26)8-6-5-7-10-27-12-14-29-16-18-31-20-21-32-19-17-30-15-13-28-11-9-25-23(3)4/h22-23,25H,5-21H2,1-4H3. The highest BCUT2D eigenvalue weighted by atomic mass is 16.6. The van der Waals surface area contributed by atoms with Crippen LogP contribution in [-0.2, 0) is 33.2 Å². The molecule has 0 bridgehead atoms. The summed E-state index contributed by atoms with van der Waals surface area (Å²) in [5.74, 6) is 0.502. The highest BCUT2D eigenvalue weighted by molar-refractivity contribution is 5.80. The fourth-order valence-corrected chi connectivity index (χ4v) is 2.59. The lowest BCUT2D eigenvalue weighted by Crippen LogP contribution is -2.27. The van der Waals surface area contributed by atoms with E-state index < -0.39 is 0 Å². The lowest BCUT2D eigenvalue weighted by Gasteiger charge is -2.09. The number of ketones is 1. The second-order valence-electron chi connectivity index (χ2n) is 8.21. The maximum absolute atomic E-state index is 11.5. The third kappa shape index (κ3) is 25.6. The molecule has 0 heterocycles. The molecular weight excluding hydrogens is 414 g/mol. The van der Waals surface area contributed by atoms with Gasteiger partial charge in [0.2, 0.25) is 0 Å². The maximum Gasteiger partial charge on any atom is 0.135 e. The van der Waals surface area contributed by atoms with Crippen LogP contribution in [0.1, 0.15) is 53.4 Å². The summed E-state index contributed by atoms with van der Waals surface area (Å²) in [5.41, 5.74) is 0. The van der Waals surface area contributed by atoms with Crippen LogP contribution in [0.3, 0.4) is 0 Å². The molecule has 8 heteroatoms. The van der Waals surface area contributed by atoms with Gasteiger partial charge in [-0.05, 0) is 12.8 Å². The molecule has 0 radical (unpaired) electrons. The molecule has 0 rings (SSSR count). The molecule has 0 aliphatic heterocycles. The van der Waals surface area contributed by atoms with Crippen molar-refractivity contribution in [3.8, 4) is 0 Å². The van der Waals surface area contributed by atoms with Gasteiger partial charge in [-0.3, -0.25) is 4.79 Å². The zero-order valence-corrected chi connectivity index (χ0v) is 21.0. The predicted molar refractivity (Wildman–Crippen MR) is 126 cm³/mol. The van der Waals surface area contributed by atoms with Crippen molar-refractivity contribution in [2.24, 2.45) is 5.92 Å². The summed E-state index contributed by atoms with van der Waals surface area (Å²) >= 11 is 0. The van der Waals surface area contributed by atoms with Crippen LogP contribution < -0.4 is 5.32 Å². The minimum absolute atomic E-state index is 0.151. The molecule has 0 spiro atoms. The molecule has 0 aromatic rings. The van der Waals surface area contributed by atoms with Gasteiger partial charge >= 0.3 is 0 Å². The number of ether oxygens (including phenoxy) is 6. The van der Waals surface area contributed by atoms with E-state index in [1.165, 1.54) is 0 Å². The van der Waals surface area contributed by atoms with Gasteiger partial charge < -0.3 is 33.7 Å². The molecule has 0 amide bonds. The third-order valence-electron chi connectivity index (χ3n) is 4.51. The second-order valence-corrected chi connectivity index (χ2v) is 8.21. The van der Waals surface area contributed by atoms with Crippen LogP contribution in [0.4, 0.5) is 0 Å². The Balaban J connectivity index is 3.06. The minimum atomic E-state index is 0.151. The van der Waals surface area contributed by atoms with Crippen LogP contribution in [0.15, 0.2) is 0 Å². The van der Waals surface area contributed by atoms with Crippen LogP contribution in [0.5, 0.6) is 0 Å². The Bertz CT molecular complexity index is 395. The topological polar surface area (TPSA) is 84.5 Å². The molecule has 0 aliphatic carbocycles. The highest BCUT2D eigenvalue weighted by Crippen LogP contribution is 2.06. The Morgan fingerprint density at radius 2 is 0.969 bits per heavy atom. The molecule has 32 heavy (non-hydrogen) atoms. The summed E-state index contributed by atoms with van der Waals surface area (Å²) in [5, 5.41) is 3.29. The molecule has 0 atom stereocenters. The van der Waals surface area contributed by atoms with E-state index in [4.69, 9.17) is 28.4 Å². The first kappa shape index (κ1) is 31.4. The van der Waals surface area contributed by atoms with Crippen molar-refractivity contribution in [3.63, 3.8) is 0 Å². The Labute approximate surface area is 196 Å². The first-order valence-electron chi connectivity index (χ1n) is 12.3. The van der Waals surface area contributed by atoms with Crippen molar-refractivity contribution in [1.29, 1.82) is 0 Å². The first-order chi connectivity index (χ1) is 15.5. The van der Waals surface area contributed by atoms with E-state index in [2.05, 4.69) is 19.2 Å². The number of Topliss-reactive ketones (excluding diaryl/α,β-unsaturated/α-hetero) is 1. The third-order valence-corrected chi connectivity index (χ3v) is 4.51. The van der Waals surface area contributed by atoms with E-state index in [1.54, 1.807) is 0 Å². The average molecular weight is 464 g/mol. The summed E-state index contributed by atoms with van der Waals surface area (Å²) in [6.45, 7) is 16.1. The van der Waals surface area contributed by atoms with Crippen LogP contribution in [0.25, 0.3) is 0 Å². The van der Waals surface area contributed by atoms with Gasteiger partial charge in [-0.1, -0.05) is 34.1 Å². The number of hydrogen-bond donors (Lipinski definition) is 1. The lowest BCUT2D eigenvalue weighted by molar-refractivity contribution is -0.122. The van der Waals surface area contributed by atoms with Gasteiger partial charge in [0.1, 0.15) is 5.78 Å². The zero-order chi connectivity index (χ0) is 23.7. The first-order valence-corrected chi connectivity index (χ1v) is 12.3. The van der Waals surface area contributed by atoms with E-state index in [9.17, 15) is 4.79 Å². The highest BCUT2D eigenvalue weighted by Gasteiger charge is 2.05. The zero-order valence-electron chi connectivity index (χ0n) is 21.0. The van der Waals surface area contributed by atoms with Crippen molar-refractivity contribution >= 4 is 5.78 Å². The normalized spacial score (nSPS) is 11.7. The summed E-state index contributed by atoms with van der Waals surface area (Å²) in [6, 6.07) is 0.489. The smallest absolute Gasteiger partial charge is 0.135 e. The van der Waals surface area contributed by atoms with Crippen LogP contribution in [0, 0.1) is 5.92 Å². The summed E-state index contributed by atoms with van der Waals surface area (Å²) < 4.78 is 32.8. The number of carbonyl (C=O) groups is 1. The van der Waals surface area contributed by atoms with E-state index in [0.29, 0.717) is 90.9 Å². The Morgan fingerprint density at radius 3 is 1.38 bits per heavy atom. The molecule has 1 N–H and O–H groups in total. The van der Waals surface area contributed by atoms with Crippen molar-refractivity contribution < 1.29 is 33.2 Å². The molecule has 8 nitrogen and oxygen atoms in total. The Morgan fingerprint density at radius 1 is 0.562 bits per heavy atom. The fourth-order valence-electron chi connectivity index (χ4n) is 2.59. The number of nitrogens with one attached hydrogen (secondary N) is 1. The molecule has 0 aromatic heterocycles. The fraction of sp³-hybridized carbons (Fsp3) is 0.958. The van der Waals surface area contributed by atoms with E-state index in [-0.39, 0.29) is 5.92 Å². The Hall–Kier alpha value is -0.610. The van der Waals surface area contributed by atoms with Crippen molar-refractivity contribution in [3.05, 3.63) is 0 Å². The summed E-state index contributed by atoms with van der Waals surface area (Å²) in [7, 11) is 0. The average Bonchev–Trinajstić information content (AvgIpc) is 2.76. The van der Waals surface area contributed by atoms with Gasteiger partial charge in [0.15, 0.2) is 0 Å². The monoisotopic (exact) mass is 463 g/mol. The Kier molecular flexibility index (Phi) is 24.5. The number of unbranched alkanes of at least 4 members (excludes halogenated alkanes) is 2. The SMILES string of the molecule is CC(C)NCCOCCOCCOCCOCCOCCOCCCCCC(=O)C(C)C. The number of carbonyl (C=O) groups excluding carboxylic acids is 1. The molecule has 0 saturated heterocycles. The number of rotatable bonds is 26. The van der Waals surface area contributed by atoms with Gasteiger partial charge in [-0.2, -0.15) is 0 Å². The molecule has 0 aromatic carbocycles. The van der Waals surface area contributed by atoms with E-state index in [1.807, 2.05) is 13.8 Å². The van der Waals surface area contributed by atoms with Gasteiger partial charge in [-0.15, -0.1) is 0 Å². The lowest BCUT2D eigenvalue weighted by atomic mass is 10.0. The van der Waals surface area contributed by atoms with E-state index in [0.717, 1.165) is 32.4 Å². The number of hydrogen-bond acceptors (Lipinski definition) is 8. The summed E-state index contributed by atoms with van der Waals surface area (Å²) in [4.78, 5) is 11.5. The molecule has 0 unspecified atom stereocenters. The van der Waals surface area contributed by atoms with Crippen molar-refractivity contribution in [1.82, 2.24) is 5.32 Å². The van der Waals surface area contributed by atoms with Crippen LogP contribution >= 0.6 is 0 Å². The van der Waals surface area contributed by atoms with Crippen LogP contribution in [0.2, 0.25) is 0 Å². The molecule has 0 aliphatic rings. The molecule has 192 valence electrons. The molecule has 0 fully saturated rings. The molecular formula is C24H49NO7. The van der Waals surface area contributed by atoms with Crippen molar-refractivity contribution in [2.75, 3.05) is 85.8 Å². The second kappa shape index (κ2) is 25.0. The molecule has 0 saturated carbocycles. The van der Waals surface area contributed by atoms with Gasteiger partial charge in [-0.25, -0.2) is 0 Å². The largest absolute Gasteiger partial charge is 0.379 e. The van der Waals surface area contributed by atoms with Gasteiger partial charge in [0.05, 0.1) is 72.7 Å². The van der Waals surface area contributed by atoms with Gasteiger partial charge in [0, 0.05) is 31.5 Å². The van der Waals surface area contributed by atoms with Crippen LogP contribution in [-0.4, -0.2) is 97.7 Å².